The number of anilines is 1. The largest absolute Gasteiger partial charge is 0.337 e. The highest BCUT2D eigenvalue weighted by Crippen LogP contribution is 2.20. The molecular formula is C13H16FN5. The Balaban J connectivity index is 1.85. The molecule has 3 rings (SSSR count). The number of H-pyrrole nitrogens is 1. The maximum atomic E-state index is 13.5. The summed E-state index contributed by atoms with van der Waals surface area (Å²) in [6, 6.07) is 5.08. The monoisotopic (exact) mass is 261 g/mol. The van der Waals surface area contributed by atoms with E-state index in [2.05, 4.69) is 25.4 Å². The average Bonchev–Trinajstić information content (AvgIpc) is 2.93. The molecule has 19 heavy (non-hydrogen) atoms. The topological polar surface area (TPSA) is 56.8 Å². The van der Waals surface area contributed by atoms with Crippen molar-refractivity contribution in [3.8, 4) is 11.4 Å². The van der Waals surface area contributed by atoms with Gasteiger partial charge in [-0.1, -0.05) is 12.1 Å². The summed E-state index contributed by atoms with van der Waals surface area (Å²) in [5.41, 5.74) is 1.35. The molecule has 0 bridgehead atoms. The summed E-state index contributed by atoms with van der Waals surface area (Å²) in [7, 11) is 0. The smallest absolute Gasteiger partial charge is 0.245 e. The summed E-state index contributed by atoms with van der Waals surface area (Å²) in [6.07, 6.45) is 0. The Morgan fingerprint density at radius 1 is 1.26 bits per heavy atom. The van der Waals surface area contributed by atoms with Crippen molar-refractivity contribution in [3.63, 3.8) is 0 Å². The Hall–Kier alpha value is -1.95. The number of hydrogen-bond acceptors (Lipinski definition) is 4. The van der Waals surface area contributed by atoms with E-state index in [9.17, 15) is 4.39 Å². The predicted octanol–water partition coefficient (Wildman–Crippen LogP) is 1.33. The molecule has 1 aliphatic rings. The molecule has 1 saturated heterocycles. The van der Waals surface area contributed by atoms with Gasteiger partial charge in [-0.15, -0.1) is 5.10 Å². The van der Waals surface area contributed by atoms with Gasteiger partial charge in [-0.2, -0.15) is 4.98 Å². The Morgan fingerprint density at radius 2 is 2.05 bits per heavy atom. The first-order valence-corrected chi connectivity index (χ1v) is 6.38. The third-order valence-electron chi connectivity index (χ3n) is 3.32. The number of nitrogens with one attached hydrogen (secondary N) is 2. The highest BCUT2D eigenvalue weighted by atomic mass is 19.1. The summed E-state index contributed by atoms with van der Waals surface area (Å²) < 4.78 is 13.5. The molecule has 100 valence electrons. The first-order valence-electron chi connectivity index (χ1n) is 6.38. The van der Waals surface area contributed by atoms with Crippen molar-refractivity contribution in [3.05, 3.63) is 29.6 Å². The van der Waals surface area contributed by atoms with Crippen LogP contribution in [0.25, 0.3) is 11.4 Å². The second-order valence-corrected chi connectivity index (χ2v) is 4.69. The zero-order chi connectivity index (χ0) is 13.2. The quantitative estimate of drug-likeness (QED) is 0.856. The molecule has 1 aliphatic heterocycles. The molecule has 0 radical (unpaired) electrons. The van der Waals surface area contributed by atoms with E-state index in [1.54, 1.807) is 13.0 Å². The first kappa shape index (κ1) is 12.1. The Bertz CT molecular complexity index is 574. The van der Waals surface area contributed by atoms with Crippen LogP contribution in [0.1, 0.15) is 5.56 Å². The van der Waals surface area contributed by atoms with E-state index in [1.807, 2.05) is 6.07 Å². The lowest BCUT2D eigenvalue weighted by atomic mass is 10.1. The molecule has 0 atom stereocenters. The number of nitrogens with zero attached hydrogens (tertiary/aromatic N) is 3. The van der Waals surface area contributed by atoms with Gasteiger partial charge in [0.05, 0.1) is 0 Å². The minimum atomic E-state index is -0.224. The van der Waals surface area contributed by atoms with E-state index in [-0.39, 0.29) is 5.82 Å². The van der Waals surface area contributed by atoms with Crippen molar-refractivity contribution in [2.45, 2.75) is 6.92 Å². The lowest BCUT2D eigenvalue weighted by Crippen LogP contribution is -2.44. The molecule has 5 nitrogen and oxygen atoms in total. The summed E-state index contributed by atoms with van der Waals surface area (Å²) in [6.45, 7) is 5.39. The molecular weight excluding hydrogens is 245 g/mol. The van der Waals surface area contributed by atoms with Gasteiger partial charge in [0.25, 0.3) is 0 Å². The van der Waals surface area contributed by atoms with Crippen LogP contribution in [0.4, 0.5) is 10.3 Å². The Morgan fingerprint density at radius 3 is 2.79 bits per heavy atom. The van der Waals surface area contributed by atoms with Crippen molar-refractivity contribution in [2.24, 2.45) is 0 Å². The molecule has 1 aromatic carbocycles. The number of aromatic amines is 1. The maximum Gasteiger partial charge on any atom is 0.245 e. The van der Waals surface area contributed by atoms with Crippen LogP contribution < -0.4 is 10.2 Å². The Labute approximate surface area is 110 Å². The third-order valence-corrected chi connectivity index (χ3v) is 3.32. The SMILES string of the molecule is Cc1ccc(-c2nc(N3CCNCC3)n[nH]2)cc1F. The highest BCUT2D eigenvalue weighted by Gasteiger charge is 2.15. The van der Waals surface area contributed by atoms with Crippen LogP contribution in [0.5, 0.6) is 0 Å². The van der Waals surface area contributed by atoms with Gasteiger partial charge in [0.2, 0.25) is 5.95 Å². The van der Waals surface area contributed by atoms with E-state index in [0.29, 0.717) is 17.3 Å². The van der Waals surface area contributed by atoms with Crippen LogP contribution in [0.2, 0.25) is 0 Å². The number of aromatic nitrogens is 3. The zero-order valence-electron chi connectivity index (χ0n) is 10.8. The van der Waals surface area contributed by atoms with Gasteiger partial charge in [0, 0.05) is 31.7 Å². The van der Waals surface area contributed by atoms with Crippen molar-refractivity contribution < 1.29 is 4.39 Å². The normalized spacial score (nSPS) is 15.8. The lowest BCUT2D eigenvalue weighted by molar-refractivity contribution is 0.580. The van der Waals surface area contributed by atoms with E-state index in [4.69, 9.17) is 0 Å². The fourth-order valence-corrected chi connectivity index (χ4v) is 2.13. The number of benzene rings is 1. The van der Waals surface area contributed by atoms with E-state index < -0.39 is 0 Å². The van der Waals surface area contributed by atoms with Gasteiger partial charge in [-0.3, -0.25) is 5.10 Å². The van der Waals surface area contributed by atoms with Crippen LogP contribution in [0.15, 0.2) is 18.2 Å². The van der Waals surface area contributed by atoms with Gasteiger partial charge in [-0.25, -0.2) is 4.39 Å². The number of halogens is 1. The van der Waals surface area contributed by atoms with E-state index in [1.165, 1.54) is 6.07 Å². The van der Waals surface area contributed by atoms with Crippen LogP contribution in [-0.4, -0.2) is 41.4 Å². The number of hydrogen-bond donors (Lipinski definition) is 2. The van der Waals surface area contributed by atoms with Gasteiger partial charge < -0.3 is 10.2 Å². The fourth-order valence-electron chi connectivity index (χ4n) is 2.13. The molecule has 2 aromatic rings. The average molecular weight is 261 g/mol. The summed E-state index contributed by atoms with van der Waals surface area (Å²) >= 11 is 0. The zero-order valence-corrected chi connectivity index (χ0v) is 10.8. The van der Waals surface area contributed by atoms with Gasteiger partial charge in [0.1, 0.15) is 5.82 Å². The first-order chi connectivity index (χ1) is 9.24. The molecule has 2 heterocycles. The molecule has 2 N–H and O–H groups in total. The highest BCUT2D eigenvalue weighted by molar-refractivity contribution is 5.57. The van der Waals surface area contributed by atoms with Gasteiger partial charge >= 0.3 is 0 Å². The summed E-state index contributed by atoms with van der Waals surface area (Å²) in [5, 5.41) is 10.4. The third kappa shape index (κ3) is 2.44. The fraction of sp³-hybridized carbons (Fsp3) is 0.385. The summed E-state index contributed by atoms with van der Waals surface area (Å²) in [4.78, 5) is 6.55. The van der Waals surface area contributed by atoms with Crippen LogP contribution >= 0.6 is 0 Å². The van der Waals surface area contributed by atoms with Gasteiger partial charge in [-0.05, 0) is 18.6 Å². The van der Waals surface area contributed by atoms with Crippen LogP contribution in [-0.2, 0) is 0 Å². The van der Waals surface area contributed by atoms with Gasteiger partial charge in [0.15, 0.2) is 5.82 Å². The molecule has 6 heteroatoms. The lowest BCUT2D eigenvalue weighted by Gasteiger charge is -2.25. The number of aryl methyl sites for hydroxylation is 1. The van der Waals surface area contributed by atoms with E-state index in [0.717, 1.165) is 31.7 Å². The molecule has 0 amide bonds. The van der Waals surface area contributed by atoms with Crippen LogP contribution in [0, 0.1) is 12.7 Å². The standard InChI is InChI=1S/C13H16FN5/c1-9-2-3-10(8-11(9)14)12-16-13(18-17-12)19-6-4-15-5-7-19/h2-3,8,15H,4-7H2,1H3,(H,16,17,18). The molecule has 0 spiro atoms. The maximum absolute atomic E-state index is 13.5. The Kier molecular flexibility index (Phi) is 3.16. The second-order valence-electron chi connectivity index (χ2n) is 4.69. The van der Waals surface area contributed by atoms with Crippen molar-refractivity contribution >= 4 is 5.95 Å². The molecule has 0 aliphatic carbocycles. The van der Waals surface area contributed by atoms with Crippen molar-refractivity contribution in [1.82, 2.24) is 20.5 Å². The molecule has 1 aromatic heterocycles. The second kappa shape index (κ2) is 4.97. The molecule has 1 fully saturated rings. The molecule has 0 unspecified atom stereocenters. The molecule has 0 saturated carbocycles. The number of rotatable bonds is 2. The predicted molar refractivity (Wildman–Crippen MR) is 71.6 cm³/mol. The van der Waals surface area contributed by atoms with Crippen molar-refractivity contribution in [1.29, 1.82) is 0 Å². The minimum Gasteiger partial charge on any atom is -0.337 e. The van der Waals surface area contributed by atoms with E-state index >= 15 is 0 Å². The summed E-state index contributed by atoms with van der Waals surface area (Å²) in [5.74, 6) is 1.06. The number of piperazine rings is 1. The van der Waals surface area contributed by atoms with Crippen LogP contribution in [0.3, 0.4) is 0 Å². The van der Waals surface area contributed by atoms with Crippen molar-refractivity contribution in [2.75, 3.05) is 31.1 Å². The minimum absolute atomic E-state index is 0.224.